The molecule has 0 bridgehead atoms. The molecule has 0 radical (unpaired) electrons. The molecule has 0 heterocycles. The van der Waals surface area contributed by atoms with Gasteiger partial charge in [-0.25, -0.2) is 4.79 Å². The highest BCUT2D eigenvalue weighted by atomic mass is 16.6. The van der Waals surface area contributed by atoms with Crippen LogP contribution in [-0.2, 0) is 4.79 Å². The van der Waals surface area contributed by atoms with Crippen molar-refractivity contribution in [2.75, 3.05) is 7.11 Å². The van der Waals surface area contributed by atoms with Crippen LogP contribution in [-0.4, -0.2) is 18.1 Å². The van der Waals surface area contributed by atoms with Crippen molar-refractivity contribution in [2.45, 2.75) is 0 Å². The minimum absolute atomic E-state index is 0.0997. The van der Waals surface area contributed by atoms with Gasteiger partial charge >= 0.3 is 0 Å². The van der Waals surface area contributed by atoms with Crippen LogP contribution in [0.4, 0.5) is 11.4 Å². The van der Waals surface area contributed by atoms with E-state index in [-0.39, 0.29) is 17.1 Å². The summed E-state index contributed by atoms with van der Waals surface area (Å²) in [4.78, 5) is 23.9. The van der Waals surface area contributed by atoms with Crippen LogP contribution in [0.1, 0.15) is 0 Å². The Balaban J connectivity index is 2.33. The lowest BCUT2D eigenvalue weighted by Gasteiger charge is -2.07. The lowest BCUT2D eigenvalue weighted by atomic mass is 10.2. The van der Waals surface area contributed by atoms with Crippen molar-refractivity contribution >= 4 is 17.5 Å². The fourth-order valence-electron chi connectivity index (χ4n) is 1.63. The molecule has 0 fully saturated rings. The highest BCUT2D eigenvalue weighted by molar-refractivity contribution is 5.57. The minimum atomic E-state index is -0.593. The molecular weight excluding hydrogens is 276 g/mol. The summed E-state index contributed by atoms with van der Waals surface area (Å²) in [6.07, 6.45) is 1.34. The molecule has 0 N–H and O–H groups in total. The maximum atomic E-state index is 10.8. The first-order valence-electron chi connectivity index (χ1n) is 5.81. The Bertz CT molecular complexity index is 686. The maximum absolute atomic E-state index is 10.8. The van der Waals surface area contributed by atoms with Crippen LogP contribution < -0.4 is 9.47 Å². The standard InChI is InChI=1S/C14H10N2O5/c1-20-12-2-4-13(5-3-12)21-14-7-10(15-9-17)6-11(8-14)16(18)19/h2-8H,1H3. The highest BCUT2D eigenvalue weighted by Gasteiger charge is 2.11. The molecule has 7 nitrogen and oxygen atoms in total. The second-order valence-electron chi connectivity index (χ2n) is 3.92. The Kier molecular flexibility index (Phi) is 4.28. The average molecular weight is 286 g/mol. The van der Waals surface area contributed by atoms with Gasteiger partial charge in [0.15, 0.2) is 0 Å². The Hall–Kier alpha value is -3.18. The molecule has 21 heavy (non-hydrogen) atoms. The molecule has 0 aliphatic heterocycles. The third kappa shape index (κ3) is 3.65. The van der Waals surface area contributed by atoms with Gasteiger partial charge in [-0.05, 0) is 24.3 Å². The van der Waals surface area contributed by atoms with Crippen molar-refractivity contribution in [2.24, 2.45) is 4.99 Å². The number of aliphatic imine (C=N–C) groups is 1. The second kappa shape index (κ2) is 6.31. The van der Waals surface area contributed by atoms with Crippen LogP contribution in [0.2, 0.25) is 0 Å². The summed E-state index contributed by atoms with van der Waals surface area (Å²) < 4.78 is 10.5. The van der Waals surface area contributed by atoms with Gasteiger partial charge in [-0.1, -0.05) is 0 Å². The van der Waals surface area contributed by atoms with E-state index in [1.807, 2.05) is 0 Å². The van der Waals surface area contributed by atoms with E-state index in [1.165, 1.54) is 18.2 Å². The molecule has 0 aromatic heterocycles. The molecule has 0 amide bonds. The molecule has 0 aliphatic carbocycles. The largest absolute Gasteiger partial charge is 0.497 e. The van der Waals surface area contributed by atoms with E-state index in [1.54, 1.807) is 31.4 Å². The third-order valence-corrected chi connectivity index (χ3v) is 2.56. The first kappa shape index (κ1) is 14.2. The van der Waals surface area contributed by atoms with Crippen LogP contribution in [0.3, 0.4) is 0 Å². The minimum Gasteiger partial charge on any atom is -0.497 e. The highest BCUT2D eigenvalue weighted by Crippen LogP contribution is 2.31. The summed E-state index contributed by atoms with van der Waals surface area (Å²) in [7, 11) is 1.54. The van der Waals surface area contributed by atoms with Crippen LogP contribution in [0.15, 0.2) is 47.5 Å². The lowest BCUT2D eigenvalue weighted by Crippen LogP contribution is -1.90. The number of ether oxygens (including phenoxy) is 2. The smallest absolute Gasteiger partial charge is 0.275 e. The molecule has 0 unspecified atom stereocenters. The van der Waals surface area contributed by atoms with E-state index in [0.717, 1.165) is 6.07 Å². The molecule has 0 spiro atoms. The molecule has 0 aliphatic rings. The number of hydrogen-bond acceptors (Lipinski definition) is 6. The summed E-state index contributed by atoms with van der Waals surface area (Å²) in [5, 5.41) is 10.8. The van der Waals surface area contributed by atoms with E-state index in [9.17, 15) is 14.9 Å². The first-order valence-corrected chi connectivity index (χ1v) is 5.81. The van der Waals surface area contributed by atoms with Crippen LogP contribution in [0.25, 0.3) is 0 Å². The van der Waals surface area contributed by atoms with E-state index >= 15 is 0 Å². The van der Waals surface area contributed by atoms with Crippen molar-refractivity contribution in [3.63, 3.8) is 0 Å². The normalized spacial score (nSPS) is 9.57. The zero-order valence-electron chi connectivity index (χ0n) is 11.0. The van der Waals surface area contributed by atoms with Gasteiger partial charge in [0.1, 0.15) is 17.2 Å². The molecule has 2 aromatic carbocycles. The number of nitrogens with zero attached hydrogens (tertiary/aromatic N) is 2. The van der Waals surface area contributed by atoms with Gasteiger partial charge in [0.25, 0.3) is 5.69 Å². The number of carbonyl (C=O) groups excluding carboxylic acids is 1. The van der Waals surface area contributed by atoms with Crippen LogP contribution in [0.5, 0.6) is 17.2 Å². The molecule has 0 saturated carbocycles. The van der Waals surface area contributed by atoms with Crippen molar-refractivity contribution in [1.82, 2.24) is 0 Å². The number of methoxy groups -OCH3 is 1. The Morgan fingerprint density at radius 2 is 1.76 bits per heavy atom. The molecule has 0 atom stereocenters. The van der Waals surface area contributed by atoms with Gasteiger partial charge in [-0.2, -0.15) is 4.99 Å². The number of nitro benzene ring substituents is 1. The van der Waals surface area contributed by atoms with Gasteiger partial charge < -0.3 is 9.47 Å². The molecular formula is C14H10N2O5. The maximum Gasteiger partial charge on any atom is 0.275 e. The summed E-state index contributed by atoms with van der Waals surface area (Å²) in [5.41, 5.74) is -0.127. The number of rotatable bonds is 5. The van der Waals surface area contributed by atoms with Crippen molar-refractivity contribution < 1.29 is 19.2 Å². The predicted molar refractivity (Wildman–Crippen MR) is 73.9 cm³/mol. The predicted octanol–water partition coefficient (Wildman–Crippen LogP) is 3.36. The van der Waals surface area contributed by atoms with Crippen molar-refractivity contribution in [1.29, 1.82) is 0 Å². The molecule has 0 saturated heterocycles. The molecule has 2 rings (SSSR count). The van der Waals surface area contributed by atoms with Crippen molar-refractivity contribution in [3.05, 3.63) is 52.6 Å². The van der Waals surface area contributed by atoms with Crippen molar-refractivity contribution in [3.8, 4) is 17.2 Å². The first-order chi connectivity index (χ1) is 10.1. The second-order valence-corrected chi connectivity index (χ2v) is 3.92. The van der Waals surface area contributed by atoms with Gasteiger partial charge in [-0.15, -0.1) is 0 Å². The zero-order chi connectivity index (χ0) is 15.2. The van der Waals surface area contributed by atoms with Gasteiger partial charge in [0, 0.05) is 12.1 Å². The van der Waals surface area contributed by atoms with E-state index < -0.39 is 4.92 Å². The fourth-order valence-corrected chi connectivity index (χ4v) is 1.63. The lowest BCUT2D eigenvalue weighted by molar-refractivity contribution is -0.384. The zero-order valence-corrected chi connectivity index (χ0v) is 11.0. The summed E-state index contributed by atoms with van der Waals surface area (Å²) >= 11 is 0. The summed E-state index contributed by atoms with van der Waals surface area (Å²) in [6.45, 7) is 0. The third-order valence-electron chi connectivity index (χ3n) is 2.56. The molecule has 2 aromatic rings. The number of non-ortho nitro benzene ring substituents is 1. The Labute approximate surface area is 119 Å². The fraction of sp³-hybridized carbons (Fsp3) is 0.0714. The number of nitro groups is 1. The van der Waals surface area contributed by atoms with Gasteiger partial charge in [0.05, 0.1) is 23.8 Å². The van der Waals surface area contributed by atoms with E-state index in [4.69, 9.17) is 9.47 Å². The molecule has 106 valence electrons. The van der Waals surface area contributed by atoms with Gasteiger partial charge in [-0.3, -0.25) is 10.1 Å². The monoisotopic (exact) mass is 286 g/mol. The quantitative estimate of drug-likeness (QED) is 0.364. The van der Waals surface area contributed by atoms with Crippen LogP contribution in [0, 0.1) is 10.1 Å². The van der Waals surface area contributed by atoms with E-state index in [2.05, 4.69) is 4.99 Å². The number of hydrogen-bond donors (Lipinski definition) is 0. The summed E-state index contributed by atoms with van der Waals surface area (Å²) in [6, 6.07) is 10.5. The Morgan fingerprint density at radius 1 is 1.10 bits per heavy atom. The van der Waals surface area contributed by atoms with Gasteiger partial charge in [0.2, 0.25) is 6.08 Å². The number of benzene rings is 2. The average Bonchev–Trinajstić information content (AvgIpc) is 2.48. The summed E-state index contributed by atoms with van der Waals surface area (Å²) in [5.74, 6) is 1.33. The SMILES string of the molecule is COc1ccc(Oc2cc(N=C=O)cc([N+](=O)[O-])c2)cc1. The van der Waals surface area contributed by atoms with Crippen LogP contribution >= 0.6 is 0 Å². The Morgan fingerprint density at radius 3 is 2.33 bits per heavy atom. The topological polar surface area (TPSA) is 91.0 Å². The van der Waals surface area contributed by atoms with E-state index in [0.29, 0.717) is 11.5 Å². The molecule has 7 heteroatoms. The number of isocyanates is 1.